The van der Waals surface area contributed by atoms with Gasteiger partial charge in [-0.1, -0.05) is 19.9 Å². The van der Waals surface area contributed by atoms with E-state index < -0.39 is 0 Å². The summed E-state index contributed by atoms with van der Waals surface area (Å²) in [7, 11) is 3.71. The van der Waals surface area contributed by atoms with Crippen LogP contribution in [0.1, 0.15) is 48.9 Å². The number of hydrogen-bond acceptors (Lipinski definition) is 2. The zero-order valence-electron chi connectivity index (χ0n) is 12.0. The number of aryl methyl sites for hydroxylation is 1. The summed E-state index contributed by atoms with van der Waals surface area (Å²) in [6, 6.07) is 4.70. The fourth-order valence-corrected chi connectivity index (χ4v) is 2.50. The molecule has 1 unspecified atom stereocenters. The van der Waals surface area contributed by atoms with Gasteiger partial charge in [-0.2, -0.15) is 0 Å². The van der Waals surface area contributed by atoms with Crippen LogP contribution in [0.2, 0.25) is 0 Å². The molecule has 0 aromatic heterocycles. The molecule has 0 fully saturated rings. The molecule has 102 valence electrons. The second kappa shape index (κ2) is 7.01. The van der Waals surface area contributed by atoms with E-state index in [9.17, 15) is 0 Å². The first-order valence-corrected chi connectivity index (χ1v) is 7.00. The Morgan fingerprint density at radius 1 is 1.28 bits per heavy atom. The minimum Gasteiger partial charge on any atom is -0.496 e. The number of methoxy groups -OCH3 is 1. The van der Waals surface area contributed by atoms with E-state index in [1.165, 1.54) is 16.7 Å². The maximum Gasteiger partial charge on any atom is 0.122 e. The lowest BCUT2D eigenvalue weighted by atomic mass is 9.92. The minimum absolute atomic E-state index is 0.311. The first-order chi connectivity index (χ1) is 8.54. The fraction of sp³-hybridized carbons (Fsp3) is 0.600. The van der Waals surface area contributed by atoms with Gasteiger partial charge in [0.15, 0.2) is 0 Å². The Balaban J connectivity index is 3.23. The lowest BCUT2D eigenvalue weighted by molar-refractivity contribution is 0.406. The third-order valence-corrected chi connectivity index (χ3v) is 3.58. The van der Waals surface area contributed by atoms with Crippen molar-refractivity contribution in [3.05, 3.63) is 28.8 Å². The van der Waals surface area contributed by atoms with Crippen molar-refractivity contribution in [3.8, 4) is 5.75 Å². The molecule has 0 heterocycles. The zero-order valence-corrected chi connectivity index (χ0v) is 12.8. The monoisotopic (exact) mass is 269 g/mol. The number of nitrogens with one attached hydrogen (secondary N) is 1. The quantitative estimate of drug-likeness (QED) is 0.788. The van der Waals surface area contributed by atoms with Crippen LogP contribution in [0.15, 0.2) is 12.1 Å². The Bertz CT molecular complexity index is 390. The van der Waals surface area contributed by atoms with Crippen molar-refractivity contribution < 1.29 is 4.74 Å². The van der Waals surface area contributed by atoms with Gasteiger partial charge in [0, 0.05) is 11.9 Å². The highest BCUT2D eigenvalue weighted by Crippen LogP contribution is 2.32. The summed E-state index contributed by atoms with van der Waals surface area (Å²) in [5, 5.41) is 3.34. The zero-order chi connectivity index (χ0) is 13.7. The van der Waals surface area contributed by atoms with Crippen molar-refractivity contribution >= 4 is 11.6 Å². The van der Waals surface area contributed by atoms with Crippen molar-refractivity contribution in [2.24, 2.45) is 0 Å². The second-order valence-electron chi connectivity index (χ2n) is 4.92. The molecule has 1 rings (SSSR count). The van der Waals surface area contributed by atoms with Gasteiger partial charge in [0.05, 0.1) is 7.11 Å². The Hall–Kier alpha value is -0.730. The standard InChI is InChI=1S/C15H24ClNO/c1-10(2)12-9-13(14(17-4)6-7-16)11(3)8-15(12)18-5/h8-10,14,17H,6-7H2,1-5H3. The van der Waals surface area contributed by atoms with Crippen LogP contribution in [0, 0.1) is 6.92 Å². The van der Waals surface area contributed by atoms with Gasteiger partial charge in [-0.15, -0.1) is 11.6 Å². The summed E-state index contributed by atoms with van der Waals surface area (Å²) in [6.07, 6.45) is 0.933. The molecule has 2 nitrogen and oxygen atoms in total. The maximum absolute atomic E-state index is 5.87. The number of benzene rings is 1. The van der Waals surface area contributed by atoms with Gasteiger partial charge < -0.3 is 10.1 Å². The van der Waals surface area contributed by atoms with Gasteiger partial charge in [0.25, 0.3) is 0 Å². The molecular formula is C15H24ClNO. The highest BCUT2D eigenvalue weighted by atomic mass is 35.5. The van der Waals surface area contributed by atoms with E-state index in [4.69, 9.17) is 16.3 Å². The molecule has 1 N–H and O–H groups in total. The Morgan fingerprint density at radius 3 is 2.39 bits per heavy atom. The van der Waals surface area contributed by atoms with Crippen LogP contribution in [0.5, 0.6) is 5.75 Å². The lowest BCUT2D eigenvalue weighted by Gasteiger charge is -2.22. The number of alkyl halides is 1. The van der Waals surface area contributed by atoms with Crippen molar-refractivity contribution in [3.63, 3.8) is 0 Å². The van der Waals surface area contributed by atoms with Crippen molar-refractivity contribution in [1.82, 2.24) is 5.32 Å². The van der Waals surface area contributed by atoms with E-state index in [0.29, 0.717) is 17.8 Å². The summed E-state index contributed by atoms with van der Waals surface area (Å²) in [4.78, 5) is 0. The SMILES string of the molecule is CNC(CCCl)c1cc(C(C)C)c(OC)cc1C. The van der Waals surface area contributed by atoms with Crippen LogP contribution in [0.3, 0.4) is 0 Å². The van der Waals surface area contributed by atoms with Crippen molar-refractivity contribution in [2.45, 2.75) is 39.2 Å². The molecule has 1 aromatic carbocycles. The van der Waals surface area contributed by atoms with Crippen LogP contribution in [-0.4, -0.2) is 20.0 Å². The molecule has 0 saturated heterocycles. The van der Waals surface area contributed by atoms with Gasteiger partial charge in [0.1, 0.15) is 5.75 Å². The normalized spacial score (nSPS) is 12.8. The maximum atomic E-state index is 5.87. The third-order valence-electron chi connectivity index (χ3n) is 3.36. The predicted octanol–water partition coefficient (Wildman–Crippen LogP) is 4.02. The van der Waals surface area contributed by atoms with E-state index in [1.807, 2.05) is 7.05 Å². The van der Waals surface area contributed by atoms with E-state index in [0.717, 1.165) is 12.2 Å². The van der Waals surface area contributed by atoms with E-state index in [-0.39, 0.29) is 0 Å². The van der Waals surface area contributed by atoms with Crippen LogP contribution >= 0.6 is 11.6 Å². The topological polar surface area (TPSA) is 21.3 Å². The second-order valence-corrected chi connectivity index (χ2v) is 5.30. The molecule has 0 amide bonds. The van der Waals surface area contributed by atoms with Gasteiger partial charge in [-0.3, -0.25) is 0 Å². The molecule has 0 aliphatic carbocycles. The fourth-order valence-electron chi connectivity index (χ4n) is 2.28. The third kappa shape index (κ3) is 3.39. The minimum atomic E-state index is 0.311. The smallest absolute Gasteiger partial charge is 0.122 e. The largest absolute Gasteiger partial charge is 0.496 e. The molecule has 1 aromatic rings. The number of hydrogen-bond donors (Lipinski definition) is 1. The molecule has 0 aliphatic rings. The van der Waals surface area contributed by atoms with Gasteiger partial charge in [-0.05, 0) is 49.1 Å². The van der Waals surface area contributed by atoms with Crippen LogP contribution in [-0.2, 0) is 0 Å². The molecule has 0 radical (unpaired) electrons. The van der Waals surface area contributed by atoms with E-state index in [1.54, 1.807) is 7.11 Å². The number of ether oxygens (including phenoxy) is 1. The first-order valence-electron chi connectivity index (χ1n) is 6.46. The van der Waals surface area contributed by atoms with Crippen LogP contribution in [0.25, 0.3) is 0 Å². The first kappa shape index (κ1) is 15.3. The van der Waals surface area contributed by atoms with Crippen LogP contribution < -0.4 is 10.1 Å². The molecule has 18 heavy (non-hydrogen) atoms. The van der Waals surface area contributed by atoms with Crippen molar-refractivity contribution in [1.29, 1.82) is 0 Å². The van der Waals surface area contributed by atoms with Gasteiger partial charge >= 0.3 is 0 Å². The summed E-state index contributed by atoms with van der Waals surface area (Å²) in [6.45, 7) is 6.50. The Kier molecular flexibility index (Phi) is 5.97. The molecule has 1 atom stereocenters. The Morgan fingerprint density at radius 2 is 1.94 bits per heavy atom. The molecule has 0 saturated carbocycles. The average Bonchev–Trinajstić information content (AvgIpc) is 2.35. The molecule has 3 heteroatoms. The number of halogens is 1. The highest BCUT2D eigenvalue weighted by Gasteiger charge is 2.16. The van der Waals surface area contributed by atoms with E-state index >= 15 is 0 Å². The molecule has 0 aliphatic heterocycles. The van der Waals surface area contributed by atoms with Gasteiger partial charge in [-0.25, -0.2) is 0 Å². The molecule has 0 spiro atoms. The lowest BCUT2D eigenvalue weighted by Crippen LogP contribution is -2.18. The predicted molar refractivity (Wildman–Crippen MR) is 79.0 cm³/mol. The summed E-state index contributed by atoms with van der Waals surface area (Å²) < 4.78 is 5.47. The summed E-state index contributed by atoms with van der Waals surface area (Å²) >= 11 is 5.87. The molecule has 0 bridgehead atoms. The summed E-state index contributed by atoms with van der Waals surface area (Å²) in [5.74, 6) is 2.09. The van der Waals surface area contributed by atoms with Gasteiger partial charge in [0.2, 0.25) is 0 Å². The Labute approximate surface area is 116 Å². The summed E-state index contributed by atoms with van der Waals surface area (Å²) in [5.41, 5.74) is 3.83. The van der Waals surface area contributed by atoms with Crippen molar-refractivity contribution in [2.75, 3.05) is 20.0 Å². The number of rotatable bonds is 6. The van der Waals surface area contributed by atoms with Crippen LogP contribution in [0.4, 0.5) is 0 Å². The van der Waals surface area contributed by atoms with E-state index in [2.05, 4.69) is 38.2 Å². The molecular weight excluding hydrogens is 246 g/mol. The average molecular weight is 270 g/mol. The highest BCUT2D eigenvalue weighted by molar-refractivity contribution is 6.17.